The topological polar surface area (TPSA) is 213 Å². The number of aromatic nitrogens is 8. The first kappa shape index (κ1) is 27.5. The molecule has 0 fully saturated rings. The molecule has 0 saturated carbocycles. The molecule has 4 heterocycles. The van der Waals surface area contributed by atoms with Gasteiger partial charge in [0.1, 0.15) is 12.0 Å². The minimum Gasteiger partial charge on any atom is -0.493 e. The van der Waals surface area contributed by atoms with E-state index in [1.807, 2.05) is 6.07 Å². The molecule has 0 radical (unpaired) electrons. The van der Waals surface area contributed by atoms with Crippen LogP contribution < -0.4 is 30.6 Å². The number of hydrogen-bond donors (Lipinski definition) is 5. The van der Waals surface area contributed by atoms with Crippen molar-refractivity contribution in [2.24, 2.45) is 0 Å². The van der Waals surface area contributed by atoms with Gasteiger partial charge in [0.25, 0.3) is 10.0 Å². The summed E-state index contributed by atoms with van der Waals surface area (Å²) in [5.74, 6) is 1.64. The molecule has 2 aromatic carbocycles. The zero-order chi connectivity index (χ0) is 30.1. The SMILES string of the molecule is COc1cc2[nH]c3nc(N)nc(-n4cnc(NC(=S)Nc5ccc(S(=O)(=O)Nc6ncccn6)cc5)n4)c3c2cc1OC. The van der Waals surface area contributed by atoms with Crippen LogP contribution in [0.4, 0.5) is 23.5 Å². The minimum atomic E-state index is -3.88. The third kappa shape index (κ3) is 5.51. The molecule has 6 N–H and O–H groups in total. The van der Waals surface area contributed by atoms with Crippen molar-refractivity contribution in [1.29, 1.82) is 0 Å². The van der Waals surface area contributed by atoms with Crippen LogP contribution in [0.1, 0.15) is 0 Å². The number of nitrogen functional groups attached to an aromatic ring is 1. The molecular weight excluding hydrogens is 596 g/mol. The van der Waals surface area contributed by atoms with Gasteiger partial charge in [-0.3, -0.25) is 5.32 Å². The summed E-state index contributed by atoms with van der Waals surface area (Å²) >= 11 is 5.40. The van der Waals surface area contributed by atoms with E-state index in [4.69, 9.17) is 27.4 Å². The molecule has 43 heavy (non-hydrogen) atoms. The molecule has 0 bridgehead atoms. The molecule has 0 amide bonds. The first-order valence-electron chi connectivity index (χ1n) is 12.3. The van der Waals surface area contributed by atoms with E-state index in [0.29, 0.717) is 34.0 Å². The van der Waals surface area contributed by atoms with Gasteiger partial charge in [-0.05, 0) is 48.6 Å². The van der Waals surface area contributed by atoms with Crippen LogP contribution in [0.25, 0.3) is 27.8 Å². The summed E-state index contributed by atoms with van der Waals surface area (Å²) in [5.41, 5.74) is 7.76. The van der Waals surface area contributed by atoms with Crippen LogP contribution in [0.2, 0.25) is 0 Å². The maximum atomic E-state index is 12.6. The number of hydrogen-bond acceptors (Lipinski definition) is 12. The first-order valence-corrected chi connectivity index (χ1v) is 14.2. The van der Waals surface area contributed by atoms with Crippen molar-refractivity contribution in [3.63, 3.8) is 0 Å². The minimum absolute atomic E-state index is 0.0218. The number of H-pyrrole nitrogens is 1. The highest BCUT2D eigenvalue weighted by Crippen LogP contribution is 2.37. The van der Waals surface area contributed by atoms with Crippen LogP contribution in [0.5, 0.6) is 11.5 Å². The Hall–Kier alpha value is -5.62. The van der Waals surface area contributed by atoms with Crippen LogP contribution >= 0.6 is 12.2 Å². The lowest BCUT2D eigenvalue weighted by molar-refractivity contribution is 0.356. The summed E-state index contributed by atoms with van der Waals surface area (Å²) in [7, 11) is -0.770. The zero-order valence-electron chi connectivity index (χ0n) is 22.4. The molecule has 0 unspecified atom stereocenters. The Bertz CT molecular complexity index is 2080. The molecule has 4 aromatic heterocycles. The first-order chi connectivity index (χ1) is 20.7. The Morgan fingerprint density at radius 3 is 2.42 bits per heavy atom. The number of nitrogens with one attached hydrogen (secondary N) is 4. The van der Waals surface area contributed by atoms with Gasteiger partial charge >= 0.3 is 0 Å². The Morgan fingerprint density at radius 1 is 0.977 bits per heavy atom. The second-order valence-corrected chi connectivity index (χ2v) is 10.9. The van der Waals surface area contributed by atoms with E-state index in [1.165, 1.54) is 35.5 Å². The standard InChI is InChI=1S/C25H22N12O4S2/c1-40-17-10-15-16(11-18(17)41-2)31-20-19(15)21(33-22(26)32-20)37-12-29-24(35-37)34-25(42)30-13-4-6-14(7-5-13)43(38,39)36-23-27-8-3-9-28-23/h3-12H,1-2H3,(H,27,28,36)(H3,26,31,32,33)(H2,30,34,35,42). The van der Waals surface area contributed by atoms with Crippen LogP contribution in [0, 0.1) is 0 Å². The van der Waals surface area contributed by atoms with Gasteiger partial charge in [0, 0.05) is 29.5 Å². The number of rotatable bonds is 8. The molecule has 0 atom stereocenters. The molecule has 0 spiro atoms. The number of anilines is 4. The van der Waals surface area contributed by atoms with Crippen LogP contribution in [-0.4, -0.2) is 67.4 Å². The van der Waals surface area contributed by atoms with E-state index in [-0.39, 0.29) is 27.9 Å². The van der Waals surface area contributed by atoms with Gasteiger partial charge in [-0.1, -0.05) is 0 Å². The zero-order valence-corrected chi connectivity index (χ0v) is 24.1. The van der Waals surface area contributed by atoms with Gasteiger partial charge in [0.15, 0.2) is 22.4 Å². The third-order valence-electron chi connectivity index (χ3n) is 6.10. The molecule has 6 aromatic rings. The number of aromatic amines is 1. The summed E-state index contributed by atoms with van der Waals surface area (Å²) in [6.07, 6.45) is 4.32. The third-order valence-corrected chi connectivity index (χ3v) is 7.65. The highest BCUT2D eigenvalue weighted by molar-refractivity contribution is 7.92. The molecule has 6 rings (SSSR count). The molecular formula is C25H22N12O4S2. The van der Waals surface area contributed by atoms with Crippen LogP contribution in [0.3, 0.4) is 0 Å². The number of methoxy groups -OCH3 is 2. The van der Waals surface area contributed by atoms with Crippen LogP contribution in [0.15, 0.2) is 66.1 Å². The number of nitrogens with zero attached hydrogens (tertiary/aromatic N) is 7. The van der Waals surface area contributed by atoms with Crippen molar-refractivity contribution in [1.82, 2.24) is 39.7 Å². The molecule has 0 saturated heterocycles. The Morgan fingerprint density at radius 2 is 1.70 bits per heavy atom. The Kier molecular flexibility index (Phi) is 7.04. The number of benzene rings is 2. The van der Waals surface area contributed by atoms with E-state index in [9.17, 15) is 8.42 Å². The Balaban J connectivity index is 1.20. The second-order valence-electron chi connectivity index (χ2n) is 8.80. The number of sulfonamides is 1. The molecule has 0 aliphatic rings. The lowest BCUT2D eigenvalue weighted by atomic mass is 10.2. The summed E-state index contributed by atoms with van der Waals surface area (Å²) in [5, 5.41) is 11.9. The average molecular weight is 619 g/mol. The van der Waals surface area contributed by atoms with Gasteiger partial charge in [-0.15, -0.1) is 5.10 Å². The fraction of sp³-hybridized carbons (Fsp3) is 0.0800. The average Bonchev–Trinajstić information content (AvgIpc) is 3.60. The molecule has 18 heteroatoms. The number of ether oxygens (including phenoxy) is 2. The predicted molar refractivity (Wildman–Crippen MR) is 163 cm³/mol. The van der Waals surface area contributed by atoms with Gasteiger partial charge < -0.3 is 25.5 Å². The number of nitrogens with two attached hydrogens (primary N) is 1. The maximum Gasteiger partial charge on any atom is 0.264 e. The summed E-state index contributed by atoms with van der Waals surface area (Å²) < 4.78 is 39.9. The van der Waals surface area contributed by atoms with E-state index in [1.54, 1.807) is 38.5 Å². The summed E-state index contributed by atoms with van der Waals surface area (Å²) in [6.45, 7) is 0. The van der Waals surface area contributed by atoms with Crippen molar-refractivity contribution in [3.8, 4) is 17.3 Å². The number of thiocarbonyl (C=S) groups is 1. The highest BCUT2D eigenvalue weighted by Gasteiger charge is 2.19. The summed E-state index contributed by atoms with van der Waals surface area (Å²) in [6, 6.07) is 11.1. The van der Waals surface area contributed by atoms with Crippen molar-refractivity contribution >= 4 is 72.8 Å². The van der Waals surface area contributed by atoms with Gasteiger partial charge in [-0.25, -0.2) is 23.1 Å². The van der Waals surface area contributed by atoms with Gasteiger partial charge in [-0.2, -0.15) is 19.6 Å². The van der Waals surface area contributed by atoms with E-state index in [2.05, 4.69) is 50.4 Å². The van der Waals surface area contributed by atoms with E-state index < -0.39 is 10.0 Å². The van der Waals surface area contributed by atoms with Crippen molar-refractivity contribution < 1.29 is 17.9 Å². The molecule has 0 aliphatic heterocycles. The maximum absolute atomic E-state index is 12.6. The quantitative estimate of drug-likeness (QED) is 0.155. The lowest BCUT2D eigenvalue weighted by Gasteiger charge is -2.10. The fourth-order valence-corrected chi connectivity index (χ4v) is 5.39. The van der Waals surface area contributed by atoms with Crippen molar-refractivity contribution in [2.45, 2.75) is 4.90 Å². The Labute approximate surface area is 248 Å². The fourth-order valence-electron chi connectivity index (χ4n) is 4.22. The largest absolute Gasteiger partial charge is 0.493 e. The van der Waals surface area contributed by atoms with Crippen molar-refractivity contribution in [3.05, 3.63) is 61.2 Å². The molecule has 16 nitrogen and oxygen atoms in total. The number of fused-ring (bicyclic) bond motifs is 3. The van der Waals surface area contributed by atoms with E-state index >= 15 is 0 Å². The molecule has 0 aliphatic carbocycles. The smallest absolute Gasteiger partial charge is 0.264 e. The van der Waals surface area contributed by atoms with Crippen molar-refractivity contribution in [2.75, 3.05) is 35.3 Å². The predicted octanol–water partition coefficient (Wildman–Crippen LogP) is 2.69. The normalized spacial score (nSPS) is 11.4. The second kappa shape index (κ2) is 11.0. The van der Waals surface area contributed by atoms with E-state index in [0.717, 1.165) is 10.9 Å². The highest BCUT2D eigenvalue weighted by atomic mass is 32.2. The summed E-state index contributed by atoms with van der Waals surface area (Å²) in [4.78, 5) is 24.0. The van der Waals surface area contributed by atoms with Gasteiger partial charge in [0.2, 0.25) is 17.8 Å². The monoisotopic (exact) mass is 618 g/mol. The van der Waals surface area contributed by atoms with Gasteiger partial charge in [0.05, 0.1) is 30.0 Å². The lowest BCUT2D eigenvalue weighted by Crippen LogP contribution is -2.20. The molecule has 218 valence electrons. The van der Waals surface area contributed by atoms with Crippen LogP contribution in [-0.2, 0) is 10.0 Å².